The van der Waals surface area contributed by atoms with Crippen molar-refractivity contribution in [1.29, 1.82) is 0 Å². The number of nitrogens with one attached hydrogen (secondary N) is 1. The molecule has 3 aromatic heterocycles. The Bertz CT molecular complexity index is 1810. The third-order valence-electron chi connectivity index (χ3n) is 6.68. The van der Waals surface area contributed by atoms with E-state index in [1.165, 1.54) is 20.1 Å². The summed E-state index contributed by atoms with van der Waals surface area (Å²) in [6.07, 6.45) is 3.09. The van der Waals surface area contributed by atoms with Crippen LogP contribution in [-0.4, -0.2) is 60.4 Å². The van der Waals surface area contributed by atoms with Gasteiger partial charge in [0.15, 0.2) is 4.32 Å². The van der Waals surface area contributed by atoms with Gasteiger partial charge in [-0.1, -0.05) is 48.2 Å². The second-order valence-electron chi connectivity index (χ2n) is 9.25. The van der Waals surface area contributed by atoms with E-state index in [1.807, 2.05) is 31.2 Å². The van der Waals surface area contributed by atoms with Crippen molar-refractivity contribution in [1.82, 2.24) is 18.7 Å². The Hall–Kier alpha value is -4.04. The molecule has 0 bridgehead atoms. The molecule has 1 aliphatic heterocycles. The van der Waals surface area contributed by atoms with Gasteiger partial charge >= 0.3 is 0 Å². The number of thioether (sulfide) groups is 1. The minimum atomic E-state index is -0.503. The minimum absolute atomic E-state index is 0.0980. The number of hydrogen-bond acceptors (Lipinski definition) is 9. The highest BCUT2D eigenvalue weighted by Crippen LogP contribution is 2.36. The number of benzene rings is 1. The Morgan fingerprint density at radius 1 is 1.07 bits per heavy atom. The van der Waals surface area contributed by atoms with Gasteiger partial charge in [0.25, 0.3) is 17.0 Å². The Kier molecular flexibility index (Phi) is 8.22. The first-order valence-electron chi connectivity index (χ1n) is 12.8. The predicted octanol–water partition coefficient (Wildman–Crippen LogP) is 2.63. The van der Waals surface area contributed by atoms with E-state index in [2.05, 4.69) is 10.3 Å². The first-order valence-corrected chi connectivity index (χ1v) is 14.0. The normalized spacial score (nSPS) is 14.5. The minimum Gasteiger partial charge on any atom is -0.394 e. The zero-order valence-corrected chi connectivity index (χ0v) is 24.3. The third kappa shape index (κ3) is 5.24. The molecular weight excluding hydrogens is 564 g/mol. The van der Waals surface area contributed by atoms with E-state index in [1.54, 1.807) is 43.0 Å². The summed E-state index contributed by atoms with van der Waals surface area (Å²) >= 11 is 6.59. The van der Waals surface area contributed by atoms with Gasteiger partial charge in [-0.3, -0.25) is 28.4 Å². The smallest absolute Gasteiger partial charge is 0.296 e. The molecule has 0 radical (unpaired) electrons. The van der Waals surface area contributed by atoms with Crippen LogP contribution in [0, 0.1) is 13.8 Å². The molecule has 4 heterocycles. The van der Waals surface area contributed by atoms with Crippen LogP contribution in [0.3, 0.4) is 0 Å². The number of ether oxygens (including phenoxy) is 1. The number of carbonyl (C=O) groups is 1. The van der Waals surface area contributed by atoms with Crippen LogP contribution in [0.15, 0.2) is 63.2 Å². The molecule has 0 atom stereocenters. The second-order valence-corrected chi connectivity index (χ2v) is 10.9. The molecule has 0 aliphatic carbocycles. The summed E-state index contributed by atoms with van der Waals surface area (Å²) in [5.74, 6) is -0.221. The highest BCUT2D eigenvalue weighted by atomic mass is 32.2. The quantitative estimate of drug-likeness (QED) is 0.172. The summed E-state index contributed by atoms with van der Waals surface area (Å²) < 4.78 is 10.1. The van der Waals surface area contributed by atoms with Crippen molar-refractivity contribution in [3.8, 4) is 5.69 Å². The van der Waals surface area contributed by atoms with Gasteiger partial charge in [0.1, 0.15) is 17.2 Å². The standard InChI is InChI=1S/C28H28N6O5S2/c1-17-8-7-12-32-24(17)30-23(29-11-14-39-15-13-35)20(25(32)36)16-21-26(37)33(28(40)41-21)22-18(2)31(3)34(27(22)38)19-9-5-4-6-10-19/h4-10,12,16,29,35H,11,13-15H2,1-3H3/b21-16+. The average molecular weight is 593 g/mol. The number of anilines is 2. The van der Waals surface area contributed by atoms with Crippen molar-refractivity contribution in [2.45, 2.75) is 13.8 Å². The number of hydrogen-bond donors (Lipinski definition) is 2. The number of carbonyl (C=O) groups excluding carboxylic acids is 1. The first-order chi connectivity index (χ1) is 19.7. The summed E-state index contributed by atoms with van der Waals surface area (Å²) in [6, 6.07) is 12.7. The van der Waals surface area contributed by atoms with E-state index in [0.717, 1.165) is 17.3 Å². The van der Waals surface area contributed by atoms with Gasteiger partial charge in [0, 0.05) is 19.8 Å². The highest BCUT2D eigenvalue weighted by molar-refractivity contribution is 8.27. The second kappa shape index (κ2) is 11.8. The van der Waals surface area contributed by atoms with E-state index in [0.29, 0.717) is 23.6 Å². The van der Waals surface area contributed by atoms with Crippen molar-refractivity contribution in [3.05, 3.63) is 91.1 Å². The number of nitrogens with zero attached hydrogens (tertiary/aromatic N) is 5. The molecule has 0 spiro atoms. The number of amides is 1. The SMILES string of the molecule is Cc1cccn2c(=O)c(/C=C3/SC(=S)N(c4c(C)n(C)n(-c5ccccc5)c4=O)C3=O)c(NCCOCCO)nc12. The van der Waals surface area contributed by atoms with Crippen LogP contribution in [0.25, 0.3) is 17.4 Å². The van der Waals surface area contributed by atoms with Crippen molar-refractivity contribution in [3.63, 3.8) is 0 Å². The van der Waals surface area contributed by atoms with Gasteiger partial charge < -0.3 is 15.2 Å². The number of aromatic nitrogens is 4. The fourth-order valence-electron chi connectivity index (χ4n) is 4.59. The molecule has 5 rings (SSSR count). The molecule has 0 saturated carbocycles. The molecule has 1 aromatic carbocycles. The molecule has 1 fully saturated rings. The van der Waals surface area contributed by atoms with E-state index < -0.39 is 5.91 Å². The summed E-state index contributed by atoms with van der Waals surface area (Å²) in [6.45, 7) is 4.29. The van der Waals surface area contributed by atoms with Gasteiger partial charge in [-0.25, -0.2) is 9.67 Å². The van der Waals surface area contributed by atoms with E-state index >= 15 is 0 Å². The predicted molar refractivity (Wildman–Crippen MR) is 164 cm³/mol. The largest absolute Gasteiger partial charge is 0.394 e. The van der Waals surface area contributed by atoms with E-state index in [4.69, 9.17) is 22.1 Å². The van der Waals surface area contributed by atoms with Crippen LogP contribution in [0.4, 0.5) is 11.5 Å². The van der Waals surface area contributed by atoms with Gasteiger partial charge in [-0.2, -0.15) is 0 Å². The summed E-state index contributed by atoms with van der Waals surface area (Å²) in [5.41, 5.74) is 2.06. The summed E-state index contributed by atoms with van der Waals surface area (Å²) in [7, 11) is 1.74. The molecule has 4 aromatic rings. The molecule has 2 N–H and O–H groups in total. The van der Waals surface area contributed by atoms with Crippen molar-refractivity contribution in [2.75, 3.05) is 36.6 Å². The molecule has 1 aliphatic rings. The zero-order chi connectivity index (χ0) is 29.3. The Labute approximate surface area is 244 Å². The zero-order valence-electron chi connectivity index (χ0n) is 22.7. The number of para-hydroxylation sites is 1. The van der Waals surface area contributed by atoms with Crippen LogP contribution in [0.5, 0.6) is 0 Å². The summed E-state index contributed by atoms with van der Waals surface area (Å²) in [5, 5.41) is 12.1. The first kappa shape index (κ1) is 28.5. The van der Waals surface area contributed by atoms with Crippen LogP contribution in [0.1, 0.15) is 16.8 Å². The van der Waals surface area contributed by atoms with Gasteiger partial charge in [0.2, 0.25) is 0 Å². The topological polar surface area (TPSA) is 123 Å². The lowest BCUT2D eigenvalue weighted by molar-refractivity contribution is -0.113. The van der Waals surface area contributed by atoms with Crippen molar-refractivity contribution >= 4 is 57.4 Å². The number of aryl methyl sites for hydroxylation is 1. The Balaban J connectivity index is 1.57. The highest BCUT2D eigenvalue weighted by Gasteiger charge is 2.38. The monoisotopic (exact) mass is 592 g/mol. The molecule has 1 amide bonds. The maximum Gasteiger partial charge on any atom is 0.296 e. The van der Waals surface area contributed by atoms with Crippen LogP contribution >= 0.6 is 24.0 Å². The fourth-order valence-corrected chi connectivity index (χ4v) is 5.84. The van der Waals surface area contributed by atoms with Crippen LogP contribution in [-0.2, 0) is 16.6 Å². The number of thiocarbonyl (C=S) groups is 1. The Morgan fingerprint density at radius 3 is 2.56 bits per heavy atom. The van der Waals surface area contributed by atoms with Crippen molar-refractivity contribution < 1.29 is 14.6 Å². The summed E-state index contributed by atoms with van der Waals surface area (Å²) in [4.78, 5) is 47.1. The van der Waals surface area contributed by atoms with Gasteiger partial charge in [-0.05, 0) is 43.7 Å². The van der Waals surface area contributed by atoms with Crippen LogP contribution < -0.4 is 21.3 Å². The number of fused-ring (bicyclic) bond motifs is 1. The number of pyridine rings is 1. The van der Waals surface area contributed by atoms with Crippen molar-refractivity contribution in [2.24, 2.45) is 7.05 Å². The van der Waals surface area contributed by atoms with Gasteiger partial charge in [-0.15, -0.1) is 0 Å². The maximum absolute atomic E-state index is 13.8. The lowest BCUT2D eigenvalue weighted by atomic mass is 10.2. The lowest BCUT2D eigenvalue weighted by Gasteiger charge is -2.13. The van der Waals surface area contributed by atoms with E-state index in [9.17, 15) is 14.4 Å². The van der Waals surface area contributed by atoms with Gasteiger partial charge in [0.05, 0.1) is 41.7 Å². The maximum atomic E-state index is 13.8. The third-order valence-corrected chi connectivity index (χ3v) is 7.98. The number of rotatable bonds is 9. The average Bonchev–Trinajstić information content (AvgIpc) is 3.35. The van der Waals surface area contributed by atoms with E-state index in [-0.39, 0.29) is 57.2 Å². The molecule has 13 heteroatoms. The molecule has 11 nitrogen and oxygen atoms in total. The molecular formula is C28H28N6O5S2. The Morgan fingerprint density at radius 2 is 1.83 bits per heavy atom. The molecule has 212 valence electrons. The lowest BCUT2D eigenvalue weighted by Crippen LogP contribution is -2.33. The molecule has 0 unspecified atom stereocenters. The fraction of sp³-hybridized carbons (Fsp3) is 0.250. The number of aliphatic hydroxyl groups excluding tert-OH is 1. The van der Waals surface area contributed by atoms with Crippen LogP contribution in [0.2, 0.25) is 0 Å². The number of aliphatic hydroxyl groups is 1. The molecule has 1 saturated heterocycles. The molecule has 41 heavy (non-hydrogen) atoms.